The number of hydrogen-bond acceptors (Lipinski definition) is 4. The molecular weight excluding hydrogens is 357 g/mol. The second-order valence-corrected chi connectivity index (χ2v) is 7.49. The second-order valence-electron chi connectivity index (χ2n) is 7.49. The average molecular weight is 387 g/mol. The van der Waals surface area contributed by atoms with Crippen molar-refractivity contribution >= 4 is 0 Å². The molecule has 1 aliphatic rings. The number of aliphatic hydroxyl groups excluding tert-OH is 1. The second kappa shape index (κ2) is 10.0. The third-order valence-electron chi connectivity index (χ3n) is 5.33. The molecule has 1 fully saturated rings. The fourth-order valence-electron chi connectivity index (χ4n) is 3.55. The zero-order chi connectivity index (χ0) is 19.9. The van der Waals surface area contributed by atoms with E-state index in [-0.39, 0.29) is 18.5 Å². The monoisotopic (exact) mass is 387 g/mol. The van der Waals surface area contributed by atoms with Gasteiger partial charge in [0.25, 0.3) is 0 Å². The maximum atomic E-state index is 13.5. The van der Waals surface area contributed by atoms with Crippen LogP contribution in [0, 0.1) is 5.82 Å². The summed E-state index contributed by atoms with van der Waals surface area (Å²) in [5.41, 5.74) is 2.01. The summed E-state index contributed by atoms with van der Waals surface area (Å²) in [6, 6.07) is 14.5. The van der Waals surface area contributed by atoms with E-state index in [9.17, 15) is 9.50 Å². The Morgan fingerprint density at radius 3 is 2.86 bits per heavy atom. The summed E-state index contributed by atoms with van der Waals surface area (Å²) in [5.74, 6) is 1.00. The number of ether oxygens (including phenoxy) is 2. The predicted octanol–water partition coefficient (Wildman–Crippen LogP) is 4.15. The zero-order valence-corrected chi connectivity index (χ0v) is 16.7. The molecule has 3 rings (SSSR count). The van der Waals surface area contributed by atoms with Gasteiger partial charge in [-0.2, -0.15) is 0 Å². The Balaban J connectivity index is 1.53. The van der Waals surface area contributed by atoms with Crippen molar-refractivity contribution in [2.45, 2.75) is 38.4 Å². The number of halogens is 1. The molecule has 1 aliphatic heterocycles. The molecule has 2 aromatic carbocycles. The standard InChI is InChI=1S/C23H30FNO3/c1-3-17(2)21-9-4-5-10-22(21)28-16-20(26)14-25-11-12-27-23(15-25)18-7-6-8-19(24)13-18/h4-10,13,17,20,23,26H,3,11-12,14-16H2,1-2H3. The van der Waals surface area contributed by atoms with Crippen LogP contribution in [0.2, 0.25) is 0 Å². The Morgan fingerprint density at radius 2 is 2.07 bits per heavy atom. The summed E-state index contributed by atoms with van der Waals surface area (Å²) >= 11 is 0. The first-order chi connectivity index (χ1) is 13.6. The summed E-state index contributed by atoms with van der Waals surface area (Å²) in [7, 11) is 0. The minimum atomic E-state index is -0.601. The molecule has 0 spiro atoms. The molecule has 3 unspecified atom stereocenters. The van der Waals surface area contributed by atoms with Crippen LogP contribution >= 0.6 is 0 Å². The predicted molar refractivity (Wildman–Crippen MR) is 108 cm³/mol. The quantitative estimate of drug-likeness (QED) is 0.739. The lowest BCUT2D eigenvalue weighted by atomic mass is 9.98. The first-order valence-corrected chi connectivity index (χ1v) is 10.1. The summed E-state index contributed by atoms with van der Waals surface area (Å²) in [6.07, 6.45) is 0.262. The number of morpholine rings is 1. The van der Waals surface area contributed by atoms with Gasteiger partial charge >= 0.3 is 0 Å². The van der Waals surface area contributed by atoms with E-state index in [1.165, 1.54) is 17.7 Å². The highest BCUT2D eigenvalue weighted by atomic mass is 19.1. The van der Waals surface area contributed by atoms with Crippen molar-refractivity contribution in [3.8, 4) is 5.75 Å². The summed E-state index contributed by atoms with van der Waals surface area (Å²) in [4.78, 5) is 2.15. The van der Waals surface area contributed by atoms with E-state index in [4.69, 9.17) is 9.47 Å². The maximum absolute atomic E-state index is 13.5. The number of rotatable bonds is 8. The minimum Gasteiger partial charge on any atom is -0.491 e. The topological polar surface area (TPSA) is 41.9 Å². The zero-order valence-electron chi connectivity index (χ0n) is 16.7. The molecule has 0 amide bonds. The van der Waals surface area contributed by atoms with Gasteiger partial charge in [0, 0.05) is 19.6 Å². The Hall–Kier alpha value is -1.95. The molecule has 0 aromatic heterocycles. The van der Waals surface area contributed by atoms with E-state index >= 15 is 0 Å². The van der Waals surface area contributed by atoms with Crippen molar-refractivity contribution < 1.29 is 19.0 Å². The van der Waals surface area contributed by atoms with E-state index in [1.54, 1.807) is 6.07 Å². The lowest BCUT2D eigenvalue weighted by Crippen LogP contribution is -2.43. The van der Waals surface area contributed by atoms with Crippen molar-refractivity contribution in [2.24, 2.45) is 0 Å². The molecule has 0 aliphatic carbocycles. The number of para-hydroxylation sites is 1. The number of hydrogen-bond donors (Lipinski definition) is 1. The van der Waals surface area contributed by atoms with Crippen LogP contribution in [0.5, 0.6) is 5.75 Å². The fourth-order valence-corrected chi connectivity index (χ4v) is 3.55. The van der Waals surface area contributed by atoms with Gasteiger partial charge in [-0.15, -0.1) is 0 Å². The number of aliphatic hydroxyl groups is 1. The molecule has 3 atom stereocenters. The smallest absolute Gasteiger partial charge is 0.123 e. The van der Waals surface area contributed by atoms with Crippen LogP contribution in [0.15, 0.2) is 48.5 Å². The number of β-amino-alcohol motifs (C(OH)–C–C–N with tert-alkyl or cyclic N) is 1. The van der Waals surface area contributed by atoms with Crippen LogP contribution in [0.3, 0.4) is 0 Å². The molecule has 28 heavy (non-hydrogen) atoms. The van der Waals surface area contributed by atoms with Gasteiger partial charge in [0.15, 0.2) is 0 Å². The van der Waals surface area contributed by atoms with Crippen molar-refractivity contribution in [2.75, 3.05) is 32.8 Å². The average Bonchev–Trinajstić information content (AvgIpc) is 2.72. The Bertz CT molecular complexity index is 754. The molecular formula is C23H30FNO3. The molecule has 1 N–H and O–H groups in total. The first-order valence-electron chi connectivity index (χ1n) is 10.1. The van der Waals surface area contributed by atoms with Crippen LogP contribution in [-0.4, -0.2) is 49.0 Å². The largest absolute Gasteiger partial charge is 0.491 e. The fraction of sp³-hybridized carbons (Fsp3) is 0.478. The number of nitrogens with zero attached hydrogens (tertiary/aromatic N) is 1. The highest BCUT2D eigenvalue weighted by Gasteiger charge is 2.24. The summed E-state index contributed by atoms with van der Waals surface area (Å²) in [6.45, 7) is 7.01. The van der Waals surface area contributed by atoms with Crippen LogP contribution in [0.1, 0.15) is 43.4 Å². The third kappa shape index (κ3) is 5.53. The molecule has 5 heteroatoms. The van der Waals surface area contributed by atoms with E-state index in [0.717, 1.165) is 24.3 Å². The Morgan fingerprint density at radius 1 is 1.25 bits per heavy atom. The minimum absolute atomic E-state index is 0.177. The van der Waals surface area contributed by atoms with Gasteiger partial charge < -0.3 is 14.6 Å². The maximum Gasteiger partial charge on any atom is 0.123 e. The highest BCUT2D eigenvalue weighted by molar-refractivity contribution is 5.35. The van der Waals surface area contributed by atoms with Gasteiger partial charge in [-0.3, -0.25) is 4.90 Å². The van der Waals surface area contributed by atoms with E-state index in [1.807, 2.05) is 24.3 Å². The molecule has 1 heterocycles. The molecule has 2 aromatic rings. The van der Waals surface area contributed by atoms with Gasteiger partial charge in [0.05, 0.1) is 12.7 Å². The van der Waals surface area contributed by atoms with Crippen LogP contribution in [0.4, 0.5) is 4.39 Å². The van der Waals surface area contributed by atoms with E-state index < -0.39 is 6.10 Å². The van der Waals surface area contributed by atoms with E-state index in [2.05, 4.69) is 24.8 Å². The molecule has 0 bridgehead atoms. The molecule has 0 radical (unpaired) electrons. The van der Waals surface area contributed by atoms with Crippen molar-refractivity contribution in [3.05, 3.63) is 65.5 Å². The van der Waals surface area contributed by atoms with Crippen LogP contribution in [-0.2, 0) is 4.74 Å². The lowest BCUT2D eigenvalue weighted by molar-refractivity contribution is -0.0460. The molecule has 1 saturated heterocycles. The van der Waals surface area contributed by atoms with Gasteiger partial charge in [-0.1, -0.05) is 44.2 Å². The van der Waals surface area contributed by atoms with Crippen LogP contribution < -0.4 is 4.74 Å². The third-order valence-corrected chi connectivity index (χ3v) is 5.33. The molecule has 4 nitrogen and oxygen atoms in total. The normalized spacial score (nSPS) is 19.9. The van der Waals surface area contributed by atoms with Gasteiger partial charge in [-0.25, -0.2) is 4.39 Å². The van der Waals surface area contributed by atoms with Crippen molar-refractivity contribution in [1.82, 2.24) is 4.90 Å². The number of benzene rings is 2. The highest BCUT2D eigenvalue weighted by Crippen LogP contribution is 2.28. The SMILES string of the molecule is CCC(C)c1ccccc1OCC(O)CN1CCOC(c2cccc(F)c2)C1. The van der Waals surface area contributed by atoms with E-state index in [0.29, 0.717) is 25.6 Å². The summed E-state index contributed by atoms with van der Waals surface area (Å²) in [5, 5.41) is 10.5. The van der Waals surface area contributed by atoms with Crippen molar-refractivity contribution in [3.63, 3.8) is 0 Å². The summed E-state index contributed by atoms with van der Waals surface area (Å²) < 4.78 is 25.2. The van der Waals surface area contributed by atoms with Crippen molar-refractivity contribution in [1.29, 1.82) is 0 Å². The van der Waals surface area contributed by atoms with Gasteiger partial charge in [-0.05, 0) is 41.7 Å². The first kappa shape index (κ1) is 20.8. The Kier molecular flexibility index (Phi) is 7.43. The van der Waals surface area contributed by atoms with Gasteiger partial charge in [0.2, 0.25) is 0 Å². The van der Waals surface area contributed by atoms with Gasteiger partial charge in [0.1, 0.15) is 24.3 Å². The molecule has 0 saturated carbocycles. The lowest BCUT2D eigenvalue weighted by Gasteiger charge is -2.34. The Labute approximate surface area is 166 Å². The molecule has 152 valence electrons. The van der Waals surface area contributed by atoms with Crippen LogP contribution in [0.25, 0.3) is 0 Å².